The van der Waals surface area contributed by atoms with Gasteiger partial charge in [0.2, 0.25) is 5.91 Å². The van der Waals surface area contributed by atoms with E-state index in [2.05, 4.69) is 0 Å². The average molecular weight is 308 g/mol. The zero-order valence-corrected chi connectivity index (χ0v) is 12.6. The Hall–Kier alpha value is -1.49. The topological polar surface area (TPSA) is 46.3 Å². The minimum absolute atomic E-state index is 0.0332. The molecule has 2 aliphatic rings. The van der Waals surface area contributed by atoms with Crippen LogP contribution in [0.15, 0.2) is 18.2 Å². The third-order valence-corrected chi connectivity index (χ3v) is 4.91. The molecule has 0 bridgehead atoms. The largest absolute Gasteiger partial charge is 0.335 e. The molecule has 3 nitrogen and oxygen atoms in total. The summed E-state index contributed by atoms with van der Waals surface area (Å²) in [5, 5.41) is 0. The van der Waals surface area contributed by atoms with Crippen LogP contribution in [0, 0.1) is 23.5 Å². The van der Waals surface area contributed by atoms with Gasteiger partial charge in [-0.1, -0.05) is 12.5 Å². The summed E-state index contributed by atoms with van der Waals surface area (Å²) < 4.78 is 26.9. The second-order valence-corrected chi connectivity index (χ2v) is 6.47. The van der Waals surface area contributed by atoms with Crippen LogP contribution in [0.1, 0.15) is 37.7 Å². The first kappa shape index (κ1) is 15.4. The van der Waals surface area contributed by atoms with E-state index in [0.29, 0.717) is 12.1 Å². The highest BCUT2D eigenvalue weighted by atomic mass is 19.1. The Bertz CT molecular complexity index is 560. The fourth-order valence-electron chi connectivity index (χ4n) is 3.46. The van der Waals surface area contributed by atoms with Crippen LogP contribution in [0.5, 0.6) is 0 Å². The van der Waals surface area contributed by atoms with Crippen LogP contribution in [-0.4, -0.2) is 23.4 Å². The predicted octanol–water partition coefficient (Wildman–Crippen LogP) is 2.83. The summed E-state index contributed by atoms with van der Waals surface area (Å²) in [7, 11) is 0. The first-order valence-electron chi connectivity index (χ1n) is 8.04. The molecule has 2 N–H and O–H groups in total. The van der Waals surface area contributed by atoms with Gasteiger partial charge in [-0.15, -0.1) is 0 Å². The molecule has 120 valence electrons. The maximum Gasteiger partial charge on any atom is 0.226 e. The smallest absolute Gasteiger partial charge is 0.226 e. The van der Waals surface area contributed by atoms with Crippen LogP contribution in [0.2, 0.25) is 0 Å². The second kappa shape index (κ2) is 6.32. The van der Waals surface area contributed by atoms with Crippen molar-refractivity contribution in [3.63, 3.8) is 0 Å². The van der Waals surface area contributed by atoms with E-state index in [1.165, 1.54) is 12.1 Å². The molecule has 0 aromatic heterocycles. The van der Waals surface area contributed by atoms with Crippen molar-refractivity contribution in [2.24, 2.45) is 17.6 Å². The molecule has 2 saturated carbocycles. The van der Waals surface area contributed by atoms with Crippen molar-refractivity contribution < 1.29 is 13.6 Å². The van der Waals surface area contributed by atoms with E-state index in [9.17, 15) is 13.6 Å². The van der Waals surface area contributed by atoms with Gasteiger partial charge >= 0.3 is 0 Å². The molecule has 0 unspecified atom stereocenters. The van der Waals surface area contributed by atoms with Gasteiger partial charge in [-0.05, 0) is 44.2 Å². The van der Waals surface area contributed by atoms with Gasteiger partial charge in [-0.3, -0.25) is 4.79 Å². The van der Waals surface area contributed by atoms with Crippen molar-refractivity contribution in [1.82, 2.24) is 4.90 Å². The van der Waals surface area contributed by atoms with Crippen molar-refractivity contribution in [2.45, 2.75) is 44.7 Å². The van der Waals surface area contributed by atoms with Crippen LogP contribution < -0.4 is 5.73 Å². The molecule has 1 aromatic carbocycles. The molecule has 2 fully saturated rings. The molecular weight excluding hydrogens is 286 g/mol. The monoisotopic (exact) mass is 308 g/mol. The molecule has 0 saturated heterocycles. The maximum atomic E-state index is 13.9. The summed E-state index contributed by atoms with van der Waals surface area (Å²) in [5.41, 5.74) is 6.15. The van der Waals surface area contributed by atoms with Gasteiger partial charge in [0, 0.05) is 30.1 Å². The van der Waals surface area contributed by atoms with Crippen molar-refractivity contribution in [3.05, 3.63) is 35.4 Å². The second-order valence-electron chi connectivity index (χ2n) is 6.47. The molecule has 5 heteroatoms. The van der Waals surface area contributed by atoms with Crippen molar-refractivity contribution in [3.8, 4) is 0 Å². The van der Waals surface area contributed by atoms with Crippen molar-refractivity contribution in [1.29, 1.82) is 0 Å². The van der Waals surface area contributed by atoms with E-state index >= 15 is 0 Å². The predicted molar refractivity (Wildman–Crippen MR) is 79.8 cm³/mol. The van der Waals surface area contributed by atoms with Crippen molar-refractivity contribution in [2.75, 3.05) is 6.54 Å². The summed E-state index contributed by atoms with van der Waals surface area (Å²) in [5.74, 6) is -0.870. The number of hydrogen-bond acceptors (Lipinski definition) is 2. The summed E-state index contributed by atoms with van der Waals surface area (Å²) in [6.45, 7) is 0.753. The highest BCUT2D eigenvalue weighted by Gasteiger charge is 2.40. The molecule has 0 heterocycles. The Balaban J connectivity index is 1.76. The molecule has 2 aliphatic carbocycles. The molecule has 0 radical (unpaired) electrons. The normalized spacial score (nSPS) is 24.5. The van der Waals surface area contributed by atoms with E-state index in [1.807, 2.05) is 0 Å². The zero-order chi connectivity index (χ0) is 15.7. The first-order chi connectivity index (χ1) is 10.6. The zero-order valence-electron chi connectivity index (χ0n) is 12.6. The van der Waals surface area contributed by atoms with Crippen LogP contribution in [0.4, 0.5) is 8.78 Å². The molecule has 2 atom stereocenters. The van der Waals surface area contributed by atoms with Gasteiger partial charge < -0.3 is 10.6 Å². The Morgan fingerprint density at radius 2 is 2.00 bits per heavy atom. The lowest BCUT2D eigenvalue weighted by molar-refractivity contribution is -0.137. The molecule has 0 aliphatic heterocycles. The fraction of sp³-hybridized carbons (Fsp3) is 0.588. The quantitative estimate of drug-likeness (QED) is 0.909. The van der Waals surface area contributed by atoms with Gasteiger partial charge in [-0.2, -0.15) is 0 Å². The van der Waals surface area contributed by atoms with Gasteiger partial charge in [0.25, 0.3) is 0 Å². The van der Waals surface area contributed by atoms with Crippen LogP contribution >= 0.6 is 0 Å². The average Bonchev–Trinajstić information content (AvgIpc) is 3.22. The number of nitrogens with two attached hydrogens (primary N) is 1. The number of halogens is 2. The van der Waals surface area contributed by atoms with E-state index in [4.69, 9.17) is 5.73 Å². The number of hydrogen-bond donors (Lipinski definition) is 1. The van der Waals surface area contributed by atoms with E-state index < -0.39 is 11.6 Å². The lowest BCUT2D eigenvalue weighted by Gasteiger charge is -2.28. The number of carbonyl (C=O) groups excluding carboxylic acids is 1. The molecule has 22 heavy (non-hydrogen) atoms. The lowest BCUT2D eigenvalue weighted by Crippen LogP contribution is -2.40. The Kier molecular flexibility index (Phi) is 4.43. The summed E-state index contributed by atoms with van der Waals surface area (Å²) in [4.78, 5) is 14.6. The lowest BCUT2D eigenvalue weighted by atomic mass is 9.94. The number of rotatable bonds is 5. The molecule has 3 rings (SSSR count). The van der Waals surface area contributed by atoms with E-state index in [-0.39, 0.29) is 30.3 Å². The van der Waals surface area contributed by atoms with Gasteiger partial charge in [0.1, 0.15) is 11.6 Å². The van der Waals surface area contributed by atoms with Crippen LogP contribution in [0.25, 0.3) is 0 Å². The van der Waals surface area contributed by atoms with Crippen LogP contribution in [-0.2, 0) is 11.3 Å². The highest BCUT2D eigenvalue weighted by molar-refractivity contribution is 5.80. The Morgan fingerprint density at radius 3 is 2.64 bits per heavy atom. The third-order valence-electron chi connectivity index (χ3n) is 4.91. The summed E-state index contributed by atoms with van der Waals surface area (Å²) >= 11 is 0. The molecule has 1 amide bonds. The number of benzene rings is 1. The fourth-order valence-corrected chi connectivity index (χ4v) is 3.46. The maximum absolute atomic E-state index is 13.9. The Labute approximate surface area is 129 Å². The Morgan fingerprint density at radius 1 is 1.23 bits per heavy atom. The number of nitrogens with zero attached hydrogens (tertiary/aromatic N) is 1. The molecular formula is C17H22F2N2O. The minimum atomic E-state index is -0.593. The standard InChI is InChI=1S/C17H22F2N2O/c18-13-5-4-12(16(19)8-13)10-21(14-6-7-14)17(22)15-3-1-2-11(15)9-20/h4-5,8,11,14-15H,1-3,6-7,9-10,20H2/t11-,15-/m1/s1. The molecule has 1 aromatic rings. The van der Waals surface area contributed by atoms with Gasteiger partial charge in [0.05, 0.1) is 0 Å². The first-order valence-corrected chi connectivity index (χ1v) is 8.04. The van der Waals surface area contributed by atoms with Crippen molar-refractivity contribution >= 4 is 5.91 Å². The SMILES string of the molecule is NC[C@H]1CCC[C@H]1C(=O)N(Cc1ccc(F)cc1F)C1CC1. The summed E-state index contributed by atoms with van der Waals surface area (Å²) in [6, 6.07) is 3.76. The summed E-state index contributed by atoms with van der Waals surface area (Å²) in [6.07, 6.45) is 4.83. The van der Waals surface area contributed by atoms with E-state index in [1.54, 1.807) is 4.90 Å². The number of amides is 1. The minimum Gasteiger partial charge on any atom is -0.335 e. The molecule has 0 spiro atoms. The highest BCUT2D eigenvalue weighted by Crippen LogP contribution is 2.37. The van der Waals surface area contributed by atoms with Gasteiger partial charge in [-0.25, -0.2) is 8.78 Å². The van der Waals surface area contributed by atoms with E-state index in [0.717, 1.165) is 38.2 Å². The third kappa shape index (κ3) is 3.14. The number of carbonyl (C=O) groups is 1. The van der Waals surface area contributed by atoms with Gasteiger partial charge in [0.15, 0.2) is 0 Å². The van der Waals surface area contributed by atoms with Crippen LogP contribution in [0.3, 0.4) is 0 Å².